The van der Waals surface area contributed by atoms with Crippen molar-refractivity contribution < 1.29 is 23.8 Å². The summed E-state index contributed by atoms with van der Waals surface area (Å²) < 4.78 is 17.0. The minimum atomic E-state index is -0.718. The van der Waals surface area contributed by atoms with Gasteiger partial charge in [-0.05, 0) is 47.0 Å². The van der Waals surface area contributed by atoms with Crippen molar-refractivity contribution in [1.29, 1.82) is 0 Å². The SMILES string of the molecule is COC(=O)C1=C(C)NC2=C(C(=O)c3ccccc32)[C@@H]1c1cc(Cl)c(OCc2ccc3ccccc3c2)c(OC)c1. The van der Waals surface area contributed by atoms with Crippen LogP contribution >= 0.6 is 11.6 Å². The Kier molecular flexibility index (Phi) is 6.56. The van der Waals surface area contributed by atoms with Crippen LogP contribution in [0.1, 0.15) is 39.9 Å². The minimum Gasteiger partial charge on any atom is -0.493 e. The number of halogens is 1. The van der Waals surface area contributed by atoms with Gasteiger partial charge in [0.05, 0.1) is 30.5 Å². The molecule has 6 nitrogen and oxygen atoms in total. The van der Waals surface area contributed by atoms with Crippen molar-refractivity contribution in [3.8, 4) is 11.5 Å². The zero-order valence-electron chi connectivity index (χ0n) is 22.2. The third-order valence-corrected chi connectivity index (χ3v) is 7.72. The number of dihydropyridines is 1. The van der Waals surface area contributed by atoms with Crippen molar-refractivity contribution in [2.45, 2.75) is 19.4 Å². The Labute approximate surface area is 236 Å². The standard InChI is InChI=1S/C33H26ClNO5/c1-18-27(33(37)39-3)28(29-30(35-18)23-10-6-7-11-24(23)31(29)36)22-15-25(34)32(26(16-22)38-2)40-17-19-12-13-20-8-4-5-9-21(20)14-19/h4-16,28,35H,17H2,1-3H3/t28-/m1/s1. The van der Waals surface area contributed by atoms with Crippen molar-refractivity contribution in [3.63, 3.8) is 0 Å². The van der Waals surface area contributed by atoms with E-state index >= 15 is 0 Å². The van der Waals surface area contributed by atoms with Gasteiger partial charge in [-0.1, -0.05) is 72.3 Å². The highest BCUT2D eigenvalue weighted by molar-refractivity contribution is 6.32. The summed E-state index contributed by atoms with van der Waals surface area (Å²) in [5.74, 6) is -0.621. The zero-order valence-corrected chi connectivity index (χ0v) is 23.0. The van der Waals surface area contributed by atoms with E-state index in [2.05, 4.69) is 29.6 Å². The molecule has 200 valence electrons. The van der Waals surface area contributed by atoms with E-state index in [-0.39, 0.29) is 12.4 Å². The van der Waals surface area contributed by atoms with Crippen LogP contribution in [0.5, 0.6) is 11.5 Å². The first-order valence-corrected chi connectivity index (χ1v) is 13.2. The van der Waals surface area contributed by atoms with E-state index < -0.39 is 11.9 Å². The molecule has 1 aliphatic heterocycles. The lowest BCUT2D eigenvalue weighted by Crippen LogP contribution is -2.29. The Morgan fingerprint density at radius 3 is 2.40 bits per heavy atom. The first kappa shape index (κ1) is 25.7. The lowest BCUT2D eigenvalue weighted by molar-refractivity contribution is -0.136. The Morgan fingerprint density at radius 1 is 0.925 bits per heavy atom. The number of nitrogens with one attached hydrogen (secondary N) is 1. The molecule has 0 amide bonds. The Morgan fingerprint density at radius 2 is 1.65 bits per heavy atom. The van der Waals surface area contributed by atoms with Crippen molar-refractivity contribution in [1.82, 2.24) is 5.32 Å². The number of rotatable bonds is 6. The van der Waals surface area contributed by atoms with Crippen LogP contribution in [0, 0.1) is 0 Å². The summed E-state index contributed by atoms with van der Waals surface area (Å²) in [6.45, 7) is 2.08. The molecular formula is C33H26ClNO5. The van der Waals surface area contributed by atoms with Crippen molar-refractivity contribution in [3.05, 3.63) is 123 Å². The quantitative estimate of drug-likeness (QED) is 0.265. The summed E-state index contributed by atoms with van der Waals surface area (Å²) in [5.41, 5.74) is 5.07. The second kappa shape index (κ2) is 10.2. The topological polar surface area (TPSA) is 73.9 Å². The number of hydrogen-bond donors (Lipinski definition) is 1. The van der Waals surface area contributed by atoms with E-state index in [1.807, 2.05) is 36.4 Å². The average molecular weight is 552 g/mol. The van der Waals surface area contributed by atoms with Crippen molar-refractivity contribution in [2.75, 3.05) is 14.2 Å². The third-order valence-electron chi connectivity index (χ3n) is 7.44. The maximum atomic E-state index is 13.7. The first-order chi connectivity index (χ1) is 19.4. The molecule has 1 aliphatic carbocycles. The number of fused-ring (bicyclic) bond motifs is 3. The van der Waals surface area contributed by atoms with Crippen LogP contribution in [0.15, 0.2) is 95.7 Å². The number of ether oxygens (including phenoxy) is 3. The van der Waals surface area contributed by atoms with Crippen LogP contribution < -0.4 is 14.8 Å². The maximum absolute atomic E-state index is 13.7. The molecule has 1 N–H and O–H groups in total. The number of allylic oxidation sites excluding steroid dienone is 2. The maximum Gasteiger partial charge on any atom is 0.336 e. The number of methoxy groups -OCH3 is 2. The van der Waals surface area contributed by atoms with E-state index in [1.54, 1.807) is 25.1 Å². The number of carbonyl (C=O) groups excluding carboxylic acids is 2. The van der Waals surface area contributed by atoms with Gasteiger partial charge in [0.15, 0.2) is 17.3 Å². The molecule has 1 heterocycles. The van der Waals surface area contributed by atoms with Crippen LogP contribution in [0.25, 0.3) is 16.5 Å². The summed E-state index contributed by atoms with van der Waals surface area (Å²) in [6, 6.07) is 25.2. The smallest absolute Gasteiger partial charge is 0.336 e. The van der Waals surface area contributed by atoms with Crippen LogP contribution in [0.3, 0.4) is 0 Å². The highest BCUT2D eigenvalue weighted by atomic mass is 35.5. The first-order valence-electron chi connectivity index (χ1n) is 12.8. The molecular weight excluding hydrogens is 526 g/mol. The van der Waals surface area contributed by atoms with Gasteiger partial charge in [0.1, 0.15) is 6.61 Å². The fraction of sp³-hybridized carbons (Fsp3) is 0.152. The highest BCUT2D eigenvalue weighted by Crippen LogP contribution is 2.49. The molecule has 0 unspecified atom stereocenters. The van der Waals surface area contributed by atoms with Gasteiger partial charge < -0.3 is 19.5 Å². The van der Waals surface area contributed by atoms with Crippen LogP contribution in [0.2, 0.25) is 5.02 Å². The van der Waals surface area contributed by atoms with Gasteiger partial charge in [0.2, 0.25) is 0 Å². The van der Waals surface area contributed by atoms with Crippen LogP contribution in [-0.2, 0) is 16.1 Å². The van der Waals surface area contributed by atoms with Crippen molar-refractivity contribution in [2.24, 2.45) is 0 Å². The third kappa shape index (κ3) is 4.21. The van der Waals surface area contributed by atoms with Gasteiger partial charge in [0.25, 0.3) is 0 Å². The fourth-order valence-corrected chi connectivity index (χ4v) is 5.85. The van der Waals surface area contributed by atoms with Gasteiger partial charge in [0, 0.05) is 28.3 Å². The Hall–Kier alpha value is -4.55. The summed E-state index contributed by atoms with van der Waals surface area (Å²) >= 11 is 6.81. The number of hydrogen-bond acceptors (Lipinski definition) is 6. The lowest BCUT2D eigenvalue weighted by Gasteiger charge is -2.29. The molecule has 2 aliphatic rings. The normalized spacial score (nSPS) is 16.0. The molecule has 4 aromatic rings. The molecule has 4 aromatic carbocycles. The second-order valence-corrected chi connectivity index (χ2v) is 10.2. The highest BCUT2D eigenvalue weighted by Gasteiger charge is 2.43. The number of ketones is 1. The molecule has 0 aromatic heterocycles. The number of esters is 1. The van der Waals surface area contributed by atoms with Gasteiger partial charge in [-0.15, -0.1) is 0 Å². The fourth-order valence-electron chi connectivity index (χ4n) is 5.57. The van der Waals surface area contributed by atoms with Gasteiger partial charge >= 0.3 is 5.97 Å². The second-order valence-electron chi connectivity index (χ2n) is 9.76. The molecule has 40 heavy (non-hydrogen) atoms. The summed E-state index contributed by atoms with van der Waals surface area (Å²) in [6.07, 6.45) is 0. The van der Waals surface area contributed by atoms with E-state index in [4.69, 9.17) is 25.8 Å². The van der Waals surface area contributed by atoms with Crippen molar-refractivity contribution >= 4 is 39.8 Å². The molecule has 6 rings (SSSR count). The van der Waals surface area contributed by atoms with Gasteiger partial charge in [-0.3, -0.25) is 4.79 Å². The van der Waals surface area contributed by atoms with Crippen LogP contribution in [0.4, 0.5) is 0 Å². The number of benzene rings is 4. The zero-order chi connectivity index (χ0) is 28.0. The lowest BCUT2D eigenvalue weighted by atomic mass is 9.79. The predicted molar refractivity (Wildman–Crippen MR) is 155 cm³/mol. The average Bonchev–Trinajstić information content (AvgIpc) is 3.26. The molecule has 0 spiro atoms. The molecule has 0 radical (unpaired) electrons. The Balaban J connectivity index is 1.41. The summed E-state index contributed by atoms with van der Waals surface area (Å²) in [5, 5.41) is 5.86. The van der Waals surface area contributed by atoms with Gasteiger partial charge in [-0.2, -0.15) is 0 Å². The van der Waals surface area contributed by atoms with Gasteiger partial charge in [-0.25, -0.2) is 4.79 Å². The monoisotopic (exact) mass is 551 g/mol. The summed E-state index contributed by atoms with van der Waals surface area (Å²) in [4.78, 5) is 26.7. The van der Waals surface area contributed by atoms with E-state index in [0.717, 1.165) is 21.9 Å². The summed E-state index contributed by atoms with van der Waals surface area (Å²) in [7, 11) is 2.86. The van der Waals surface area contributed by atoms with Crippen LogP contribution in [-0.4, -0.2) is 26.0 Å². The number of Topliss-reactive ketones (excluding diaryl/α,β-unsaturated/α-hetero) is 1. The molecule has 0 bridgehead atoms. The molecule has 0 fully saturated rings. The predicted octanol–water partition coefficient (Wildman–Crippen LogP) is 6.82. The van der Waals surface area contributed by atoms with E-state index in [0.29, 0.717) is 50.2 Å². The molecule has 7 heteroatoms. The van der Waals surface area contributed by atoms with E-state index in [1.165, 1.54) is 14.2 Å². The molecule has 0 saturated heterocycles. The molecule has 1 atom stereocenters. The minimum absolute atomic E-state index is 0.149. The Bertz CT molecular complexity index is 1770. The molecule has 0 saturated carbocycles. The number of carbonyl (C=O) groups is 2. The largest absolute Gasteiger partial charge is 0.493 e. The van der Waals surface area contributed by atoms with E-state index in [9.17, 15) is 9.59 Å².